The van der Waals surface area contributed by atoms with Crippen molar-refractivity contribution < 1.29 is 0 Å². The molecule has 4 heteroatoms. The fourth-order valence-electron chi connectivity index (χ4n) is 4.62. The Bertz CT molecular complexity index is 426. The average molecular weight is 263 g/mol. The van der Waals surface area contributed by atoms with Crippen molar-refractivity contribution in [2.45, 2.75) is 25.8 Å². The van der Waals surface area contributed by atoms with E-state index in [9.17, 15) is 0 Å². The summed E-state index contributed by atoms with van der Waals surface area (Å²) in [6, 6.07) is 0. The van der Waals surface area contributed by atoms with Gasteiger partial charge in [-0.2, -0.15) is 0 Å². The second kappa shape index (κ2) is 4.20. The van der Waals surface area contributed by atoms with Crippen molar-refractivity contribution in [3.63, 3.8) is 0 Å². The maximum atomic E-state index is 4.61. The number of nitrogens with one attached hydrogen (secondary N) is 1. The molecule has 1 saturated heterocycles. The van der Waals surface area contributed by atoms with E-state index in [0.29, 0.717) is 0 Å². The van der Waals surface area contributed by atoms with E-state index in [-0.39, 0.29) is 0 Å². The molecule has 1 aliphatic heterocycles. The van der Waals surface area contributed by atoms with Crippen molar-refractivity contribution >= 4 is 16.5 Å². The van der Waals surface area contributed by atoms with Crippen molar-refractivity contribution in [3.8, 4) is 0 Å². The highest BCUT2D eigenvalue weighted by Crippen LogP contribution is 2.55. The molecule has 1 aromatic heterocycles. The second-order valence-electron chi connectivity index (χ2n) is 6.25. The number of rotatable bonds is 3. The third kappa shape index (κ3) is 1.69. The van der Waals surface area contributed by atoms with Gasteiger partial charge in [0.05, 0.1) is 5.69 Å². The van der Waals surface area contributed by atoms with Crippen molar-refractivity contribution in [1.82, 2.24) is 9.88 Å². The van der Waals surface area contributed by atoms with Crippen LogP contribution >= 0.6 is 11.3 Å². The van der Waals surface area contributed by atoms with Gasteiger partial charge in [-0.3, -0.25) is 4.90 Å². The molecule has 0 radical (unpaired) electrons. The van der Waals surface area contributed by atoms with Crippen LogP contribution in [0.1, 0.15) is 25.0 Å². The maximum Gasteiger partial charge on any atom is 0.182 e. The number of hydrogen-bond acceptors (Lipinski definition) is 4. The number of likely N-dealkylation sites (tertiary alicyclic amines) is 1. The van der Waals surface area contributed by atoms with E-state index in [0.717, 1.165) is 35.3 Å². The standard InChI is InChI=1S/C14H21N3S/c1-15-14-16-11(8-18-14)5-17-6-12-9-2-3-10(4-9)13(12)7-17/h8-10,12-13H,2-7H2,1H3,(H,15,16)/t9-,10+,12-,13+. The molecule has 2 aliphatic carbocycles. The number of fused-ring (bicyclic) bond motifs is 5. The molecule has 2 heterocycles. The van der Waals surface area contributed by atoms with Crippen LogP contribution in [0.4, 0.5) is 5.13 Å². The Kier molecular flexibility index (Phi) is 2.62. The van der Waals surface area contributed by atoms with Crippen LogP contribution < -0.4 is 5.32 Å². The molecule has 1 N–H and O–H groups in total. The average Bonchev–Trinajstić information content (AvgIpc) is 3.10. The van der Waals surface area contributed by atoms with Crippen molar-refractivity contribution in [2.75, 3.05) is 25.5 Å². The number of thiazole rings is 1. The van der Waals surface area contributed by atoms with Crippen LogP contribution in [-0.4, -0.2) is 30.0 Å². The van der Waals surface area contributed by atoms with Crippen LogP contribution in [0.25, 0.3) is 0 Å². The molecule has 0 amide bonds. The zero-order valence-corrected chi connectivity index (χ0v) is 11.7. The Morgan fingerprint density at radius 2 is 2.06 bits per heavy atom. The van der Waals surface area contributed by atoms with Gasteiger partial charge in [0.1, 0.15) is 0 Å². The lowest BCUT2D eigenvalue weighted by Gasteiger charge is -2.22. The van der Waals surface area contributed by atoms with E-state index < -0.39 is 0 Å². The molecule has 0 unspecified atom stereocenters. The van der Waals surface area contributed by atoms with Crippen LogP contribution in [0, 0.1) is 23.7 Å². The van der Waals surface area contributed by atoms with Gasteiger partial charge in [-0.1, -0.05) is 0 Å². The van der Waals surface area contributed by atoms with E-state index in [4.69, 9.17) is 0 Å². The van der Waals surface area contributed by atoms with Gasteiger partial charge in [0, 0.05) is 32.1 Å². The highest BCUT2D eigenvalue weighted by molar-refractivity contribution is 7.13. The number of aromatic nitrogens is 1. The first kappa shape index (κ1) is 11.2. The van der Waals surface area contributed by atoms with E-state index in [2.05, 4.69) is 20.6 Å². The quantitative estimate of drug-likeness (QED) is 0.909. The predicted molar refractivity (Wildman–Crippen MR) is 74.7 cm³/mol. The van der Waals surface area contributed by atoms with Crippen LogP contribution in [0.15, 0.2) is 5.38 Å². The third-order valence-corrected chi connectivity index (χ3v) is 6.27. The van der Waals surface area contributed by atoms with Gasteiger partial charge in [0.15, 0.2) is 5.13 Å². The maximum absolute atomic E-state index is 4.61. The number of anilines is 1. The number of hydrogen-bond donors (Lipinski definition) is 1. The van der Waals surface area contributed by atoms with Crippen LogP contribution in [-0.2, 0) is 6.54 Å². The summed E-state index contributed by atoms with van der Waals surface area (Å²) in [4.78, 5) is 7.25. The van der Waals surface area contributed by atoms with Gasteiger partial charge in [0.2, 0.25) is 0 Å². The Morgan fingerprint density at radius 1 is 1.33 bits per heavy atom. The highest BCUT2D eigenvalue weighted by Gasteiger charge is 2.51. The lowest BCUT2D eigenvalue weighted by molar-refractivity contribution is 0.281. The SMILES string of the molecule is CNc1nc(CN2C[C@@H]3[C@@H]4CC[C@@H](C4)[C@@H]3C2)cs1. The highest BCUT2D eigenvalue weighted by atomic mass is 32.1. The van der Waals surface area contributed by atoms with Crippen molar-refractivity contribution in [3.05, 3.63) is 11.1 Å². The largest absolute Gasteiger partial charge is 0.365 e. The molecule has 18 heavy (non-hydrogen) atoms. The molecule has 0 spiro atoms. The summed E-state index contributed by atoms with van der Waals surface area (Å²) in [5, 5.41) is 6.37. The lowest BCUT2D eigenvalue weighted by Crippen LogP contribution is -2.22. The molecular formula is C14H21N3S. The van der Waals surface area contributed by atoms with E-state index in [1.807, 2.05) is 7.05 Å². The molecule has 2 saturated carbocycles. The summed E-state index contributed by atoms with van der Waals surface area (Å²) in [5.41, 5.74) is 1.25. The lowest BCUT2D eigenvalue weighted by atomic mass is 9.82. The molecule has 3 fully saturated rings. The Labute approximate surface area is 113 Å². The molecule has 2 bridgehead atoms. The van der Waals surface area contributed by atoms with Gasteiger partial charge in [-0.15, -0.1) is 11.3 Å². The Balaban J connectivity index is 1.42. The van der Waals surface area contributed by atoms with Gasteiger partial charge < -0.3 is 5.32 Å². The molecule has 3 nitrogen and oxygen atoms in total. The molecule has 1 aromatic rings. The zero-order chi connectivity index (χ0) is 12.1. The normalized spacial score (nSPS) is 38.3. The Morgan fingerprint density at radius 3 is 2.67 bits per heavy atom. The van der Waals surface area contributed by atoms with E-state index >= 15 is 0 Å². The molecule has 4 rings (SSSR count). The van der Waals surface area contributed by atoms with Crippen LogP contribution in [0.2, 0.25) is 0 Å². The summed E-state index contributed by atoms with van der Waals surface area (Å²) in [5.74, 6) is 4.17. The fraction of sp³-hybridized carbons (Fsp3) is 0.786. The molecule has 3 aliphatic rings. The summed E-state index contributed by atoms with van der Waals surface area (Å²) in [6.45, 7) is 3.72. The van der Waals surface area contributed by atoms with Gasteiger partial charge >= 0.3 is 0 Å². The monoisotopic (exact) mass is 263 g/mol. The van der Waals surface area contributed by atoms with Crippen molar-refractivity contribution in [2.24, 2.45) is 23.7 Å². The van der Waals surface area contributed by atoms with Crippen LogP contribution in [0.5, 0.6) is 0 Å². The first-order valence-electron chi connectivity index (χ1n) is 7.18. The van der Waals surface area contributed by atoms with Gasteiger partial charge in [-0.25, -0.2) is 4.98 Å². The van der Waals surface area contributed by atoms with Crippen LogP contribution in [0.3, 0.4) is 0 Å². The minimum absolute atomic E-state index is 1.02. The summed E-state index contributed by atoms with van der Waals surface area (Å²) in [6.07, 6.45) is 4.57. The minimum atomic E-state index is 1.02. The molecular weight excluding hydrogens is 242 g/mol. The summed E-state index contributed by atoms with van der Waals surface area (Å²) >= 11 is 1.72. The van der Waals surface area contributed by atoms with E-state index in [1.165, 1.54) is 31.6 Å². The second-order valence-corrected chi connectivity index (χ2v) is 7.11. The summed E-state index contributed by atoms with van der Waals surface area (Å²) < 4.78 is 0. The zero-order valence-electron chi connectivity index (χ0n) is 10.9. The number of nitrogens with zero attached hydrogens (tertiary/aromatic N) is 2. The summed E-state index contributed by atoms with van der Waals surface area (Å²) in [7, 11) is 1.94. The minimum Gasteiger partial charge on any atom is -0.365 e. The van der Waals surface area contributed by atoms with E-state index in [1.54, 1.807) is 17.8 Å². The molecule has 98 valence electrons. The smallest absolute Gasteiger partial charge is 0.182 e. The molecule has 4 atom stereocenters. The first-order chi connectivity index (χ1) is 8.83. The van der Waals surface area contributed by atoms with Gasteiger partial charge in [-0.05, 0) is 42.9 Å². The molecule has 0 aromatic carbocycles. The first-order valence-corrected chi connectivity index (χ1v) is 8.06. The third-order valence-electron chi connectivity index (χ3n) is 5.36. The predicted octanol–water partition coefficient (Wildman–Crippen LogP) is 2.66. The topological polar surface area (TPSA) is 28.2 Å². The van der Waals surface area contributed by atoms with Crippen molar-refractivity contribution in [1.29, 1.82) is 0 Å². The van der Waals surface area contributed by atoms with Gasteiger partial charge in [0.25, 0.3) is 0 Å². The Hall–Kier alpha value is -0.610. The fourth-order valence-corrected chi connectivity index (χ4v) is 5.28.